The van der Waals surface area contributed by atoms with Crippen LogP contribution in [0.5, 0.6) is 11.5 Å². The van der Waals surface area contributed by atoms with Gasteiger partial charge in [-0.1, -0.05) is 127 Å². The quantitative estimate of drug-likeness (QED) is 0.201. The summed E-state index contributed by atoms with van der Waals surface area (Å²) in [4.78, 5) is 0. The van der Waals surface area contributed by atoms with Gasteiger partial charge in [0.15, 0.2) is 0 Å². The van der Waals surface area contributed by atoms with Crippen LogP contribution in [-0.4, -0.2) is 4.57 Å². The molecule has 0 N–H and O–H groups in total. The van der Waals surface area contributed by atoms with Crippen LogP contribution in [0.4, 0.5) is 0 Å². The lowest BCUT2D eigenvalue weighted by atomic mass is 9.89. The second kappa shape index (κ2) is 9.69. The Kier molecular flexibility index (Phi) is 5.31. The molecular formula is C44H27NO. The third-order valence-electron chi connectivity index (χ3n) is 9.58. The van der Waals surface area contributed by atoms with Gasteiger partial charge in [0, 0.05) is 33.0 Å². The predicted octanol–water partition coefficient (Wildman–Crippen LogP) is 12.2. The molecule has 0 fully saturated rings. The Bertz CT molecular complexity index is 2660. The fourth-order valence-corrected chi connectivity index (χ4v) is 7.60. The SMILES string of the molecule is c1ccc(-n2c3ccc4ccccc4c3c3cccc(-c4cccc(-c5ccc6c7c(cccc57)-c5ccccc5O6)c4)c32)cc1. The van der Waals surface area contributed by atoms with E-state index in [2.05, 4.69) is 156 Å². The topological polar surface area (TPSA) is 14.2 Å². The molecule has 0 spiro atoms. The maximum Gasteiger partial charge on any atom is 0.135 e. The minimum atomic E-state index is 0.909. The maximum atomic E-state index is 6.39. The smallest absolute Gasteiger partial charge is 0.135 e. The van der Waals surface area contributed by atoms with Gasteiger partial charge >= 0.3 is 0 Å². The van der Waals surface area contributed by atoms with Gasteiger partial charge < -0.3 is 9.30 Å². The van der Waals surface area contributed by atoms with Crippen LogP contribution in [0.1, 0.15) is 0 Å². The molecule has 0 saturated carbocycles. The molecule has 2 nitrogen and oxygen atoms in total. The van der Waals surface area contributed by atoms with Gasteiger partial charge in [-0.25, -0.2) is 0 Å². The van der Waals surface area contributed by atoms with Crippen molar-refractivity contribution in [3.63, 3.8) is 0 Å². The molecule has 0 bridgehead atoms. The van der Waals surface area contributed by atoms with Gasteiger partial charge in [0.25, 0.3) is 0 Å². The van der Waals surface area contributed by atoms with Gasteiger partial charge in [0.1, 0.15) is 11.5 Å². The van der Waals surface area contributed by atoms with Crippen molar-refractivity contribution in [3.8, 4) is 50.6 Å². The number of benzene rings is 8. The Morgan fingerprint density at radius 1 is 0.391 bits per heavy atom. The van der Waals surface area contributed by atoms with Crippen molar-refractivity contribution in [3.05, 3.63) is 164 Å². The van der Waals surface area contributed by atoms with Crippen LogP contribution in [0.2, 0.25) is 0 Å². The van der Waals surface area contributed by atoms with Crippen LogP contribution in [0, 0.1) is 0 Å². The van der Waals surface area contributed by atoms with Crippen LogP contribution in [0.25, 0.3) is 82.4 Å². The molecule has 2 heterocycles. The first-order valence-corrected chi connectivity index (χ1v) is 15.8. The van der Waals surface area contributed by atoms with E-state index >= 15 is 0 Å². The number of fused-ring (bicyclic) bond motifs is 7. The normalized spacial score (nSPS) is 12.1. The molecule has 1 aliphatic rings. The van der Waals surface area contributed by atoms with E-state index in [1.807, 2.05) is 12.1 Å². The van der Waals surface area contributed by atoms with Gasteiger partial charge in [0.2, 0.25) is 0 Å². The summed E-state index contributed by atoms with van der Waals surface area (Å²) in [6, 6.07) is 59.0. The summed E-state index contributed by atoms with van der Waals surface area (Å²) in [5.74, 6) is 1.82. The largest absolute Gasteiger partial charge is 0.456 e. The maximum absolute atomic E-state index is 6.39. The predicted molar refractivity (Wildman–Crippen MR) is 192 cm³/mol. The van der Waals surface area contributed by atoms with E-state index in [9.17, 15) is 0 Å². The summed E-state index contributed by atoms with van der Waals surface area (Å²) in [6.45, 7) is 0. The molecule has 0 saturated heterocycles. The molecule has 0 radical (unpaired) electrons. The molecule has 9 aromatic rings. The van der Waals surface area contributed by atoms with Gasteiger partial charge in [-0.3, -0.25) is 0 Å². The Labute approximate surface area is 266 Å². The summed E-state index contributed by atoms with van der Waals surface area (Å²) < 4.78 is 8.83. The van der Waals surface area contributed by atoms with Crippen molar-refractivity contribution in [2.24, 2.45) is 0 Å². The van der Waals surface area contributed by atoms with Crippen molar-refractivity contribution in [1.29, 1.82) is 0 Å². The number of rotatable bonds is 3. The zero-order chi connectivity index (χ0) is 30.2. The van der Waals surface area contributed by atoms with E-state index in [0.717, 1.165) is 22.7 Å². The first kappa shape index (κ1) is 25.2. The average Bonchev–Trinajstić information content (AvgIpc) is 3.47. The Morgan fingerprint density at radius 2 is 1.09 bits per heavy atom. The van der Waals surface area contributed by atoms with E-state index in [-0.39, 0.29) is 0 Å². The Balaban J connectivity index is 1.23. The van der Waals surface area contributed by atoms with Crippen LogP contribution in [0.15, 0.2) is 164 Å². The van der Waals surface area contributed by atoms with Crippen molar-refractivity contribution < 1.29 is 4.74 Å². The van der Waals surface area contributed by atoms with Gasteiger partial charge in [-0.15, -0.1) is 0 Å². The standard InChI is InChI=1S/C44H27NO/c1-2-14-31(15-3-1)45-39-25-23-28-11-4-5-16-33(28)42(39)38-21-9-18-34(44(38)45)30-13-8-12-29(27-30)32-24-26-41-43-36(32)19-10-20-37(43)35-17-6-7-22-40(35)46-41/h1-27H. The summed E-state index contributed by atoms with van der Waals surface area (Å²) in [5, 5.41) is 7.45. The molecule has 46 heavy (non-hydrogen) atoms. The third kappa shape index (κ3) is 3.59. The average molecular weight is 586 g/mol. The van der Waals surface area contributed by atoms with Crippen LogP contribution in [0.3, 0.4) is 0 Å². The highest BCUT2D eigenvalue weighted by atomic mass is 16.5. The van der Waals surface area contributed by atoms with Gasteiger partial charge in [-0.05, 0) is 74.8 Å². The number of nitrogens with zero attached hydrogens (tertiary/aromatic N) is 1. The number of para-hydroxylation sites is 3. The van der Waals surface area contributed by atoms with E-state index in [4.69, 9.17) is 4.74 Å². The summed E-state index contributed by atoms with van der Waals surface area (Å²) in [6.07, 6.45) is 0. The zero-order valence-electron chi connectivity index (χ0n) is 24.9. The third-order valence-corrected chi connectivity index (χ3v) is 9.58. The Hall–Kier alpha value is -6.12. The van der Waals surface area contributed by atoms with Gasteiger partial charge in [0.05, 0.1) is 11.0 Å². The molecule has 0 amide bonds. The molecule has 0 aliphatic carbocycles. The number of ether oxygens (including phenoxy) is 1. The van der Waals surface area contributed by atoms with Crippen molar-refractivity contribution in [1.82, 2.24) is 4.57 Å². The number of hydrogen-bond acceptors (Lipinski definition) is 1. The van der Waals surface area contributed by atoms with Crippen LogP contribution >= 0.6 is 0 Å². The lowest BCUT2D eigenvalue weighted by Gasteiger charge is -2.22. The summed E-state index contributed by atoms with van der Waals surface area (Å²) in [5.41, 5.74) is 10.7. The monoisotopic (exact) mass is 585 g/mol. The van der Waals surface area contributed by atoms with Crippen LogP contribution in [-0.2, 0) is 0 Å². The minimum Gasteiger partial charge on any atom is -0.456 e. The molecule has 0 unspecified atom stereocenters. The molecule has 214 valence electrons. The molecule has 1 aromatic heterocycles. The molecule has 0 atom stereocenters. The lowest BCUT2D eigenvalue weighted by molar-refractivity contribution is 0.487. The van der Waals surface area contributed by atoms with Crippen LogP contribution < -0.4 is 4.74 Å². The van der Waals surface area contributed by atoms with Crippen molar-refractivity contribution in [2.45, 2.75) is 0 Å². The highest BCUT2D eigenvalue weighted by Gasteiger charge is 2.22. The van der Waals surface area contributed by atoms with Crippen molar-refractivity contribution >= 4 is 43.4 Å². The van der Waals surface area contributed by atoms with E-state index in [1.54, 1.807) is 0 Å². The number of aromatic nitrogens is 1. The van der Waals surface area contributed by atoms with Crippen molar-refractivity contribution in [2.75, 3.05) is 0 Å². The molecule has 2 heteroatoms. The molecule has 8 aromatic carbocycles. The molecular weight excluding hydrogens is 558 g/mol. The molecule has 1 aliphatic heterocycles. The fraction of sp³-hybridized carbons (Fsp3) is 0. The Morgan fingerprint density at radius 3 is 2.00 bits per heavy atom. The van der Waals surface area contributed by atoms with E-state index < -0.39 is 0 Å². The fourth-order valence-electron chi connectivity index (χ4n) is 7.60. The highest BCUT2D eigenvalue weighted by Crippen LogP contribution is 2.49. The van der Waals surface area contributed by atoms with E-state index in [0.29, 0.717) is 0 Å². The first-order valence-electron chi connectivity index (χ1n) is 15.8. The second-order valence-corrected chi connectivity index (χ2v) is 12.1. The molecule has 10 rings (SSSR count). The number of hydrogen-bond donors (Lipinski definition) is 0. The van der Waals surface area contributed by atoms with E-state index in [1.165, 1.54) is 71.2 Å². The minimum absolute atomic E-state index is 0.909. The summed E-state index contributed by atoms with van der Waals surface area (Å²) in [7, 11) is 0. The summed E-state index contributed by atoms with van der Waals surface area (Å²) >= 11 is 0. The lowest BCUT2D eigenvalue weighted by Crippen LogP contribution is -1.97. The highest BCUT2D eigenvalue weighted by molar-refractivity contribution is 6.23. The zero-order valence-corrected chi connectivity index (χ0v) is 24.9. The first-order chi connectivity index (χ1) is 22.8. The van der Waals surface area contributed by atoms with Gasteiger partial charge in [-0.2, -0.15) is 0 Å². The second-order valence-electron chi connectivity index (χ2n) is 12.1.